The lowest BCUT2D eigenvalue weighted by molar-refractivity contribution is -0.0912. The zero-order valence-electron chi connectivity index (χ0n) is 9.62. The summed E-state index contributed by atoms with van der Waals surface area (Å²) in [7, 11) is 0. The minimum atomic E-state index is -1.67. The van der Waals surface area contributed by atoms with Crippen LogP contribution in [0.3, 0.4) is 0 Å². The van der Waals surface area contributed by atoms with Crippen LogP contribution in [-0.4, -0.2) is 43.5 Å². The molecule has 0 aliphatic carbocycles. The number of aromatic amines is 1. The fourth-order valence-corrected chi connectivity index (χ4v) is 2.27. The van der Waals surface area contributed by atoms with Crippen molar-refractivity contribution in [2.75, 3.05) is 6.61 Å². The Morgan fingerprint density at radius 2 is 2.32 bits per heavy atom. The quantitative estimate of drug-likeness (QED) is 0.449. The van der Waals surface area contributed by atoms with Crippen LogP contribution in [0.25, 0.3) is 0 Å². The smallest absolute Gasteiger partial charge is 0.330 e. The number of H-pyrrole nitrogens is 1. The van der Waals surface area contributed by atoms with Crippen LogP contribution in [0, 0.1) is 12.3 Å². The second kappa shape index (κ2) is 4.83. The molecule has 0 aromatic carbocycles. The fraction of sp³-hybridized carbons (Fsp3) is 0.455. The Kier molecular flexibility index (Phi) is 3.52. The van der Waals surface area contributed by atoms with Crippen molar-refractivity contribution in [3.05, 3.63) is 33.1 Å². The van der Waals surface area contributed by atoms with Gasteiger partial charge in [0.2, 0.25) is 0 Å². The highest BCUT2D eigenvalue weighted by molar-refractivity contribution is 6.21. The summed E-state index contributed by atoms with van der Waals surface area (Å²) >= 11 is 5.98. The summed E-state index contributed by atoms with van der Waals surface area (Å²) in [6, 6.07) is 1.11. The molecule has 0 spiro atoms. The van der Waals surface area contributed by atoms with Crippen LogP contribution in [0.2, 0.25) is 0 Å². The molecule has 19 heavy (non-hydrogen) atoms. The monoisotopic (exact) mass is 286 g/mol. The number of nitrogens with zero attached hydrogens (tertiary/aromatic N) is 1. The Morgan fingerprint density at radius 3 is 2.79 bits per heavy atom. The van der Waals surface area contributed by atoms with Gasteiger partial charge in [-0.25, -0.2) is 4.79 Å². The number of hydrogen-bond acceptors (Lipinski definition) is 5. The molecule has 2 rings (SSSR count). The summed E-state index contributed by atoms with van der Waals surface area (Å²) in [4.78, 5) is 24.7. The topological polar surface area (TPSA) is 105 Å². The molecule has 7 nitrogen and oxygen atoms in total. The molecule has 1 aliphatic rings. The molecule has 8 heteroatoms. The largest absolute Gasteiger partial charge is 0.392 e. The molecular weight excluding hydrogens is 276 g/mol. The van der Waals surface area contributed by atoms with Gasteiger partial charge in [0.25, 0.3) is 5.56 Å². The average molecular weight is 287 g/mol. The van der Waals surface area contributed by atoms with Crippen LogP contribution in [0.1, 0.15) is 6.23 Å². The lowest BCUT2D eigenvalue weighted by Gasteiger charge is -2.23. The van der Waals surface area contributed by atoms with E-state index in [0.29, 0.717) is 0 Å². The van der Waals surface area contributed by atoms with Gasteiger partial charge in [-0.1, -0.05) is 5.92 Å². The number of aromatic nitrogens is 2. The summed E-state index contributed by atoms with van der Waals surface area (Å²) in [5, 5.41) is 18.1. The third-order valence-electron chi connectivity index (χ3n) is 2.99. The highest BCUT2D eigenvalue weighted by Gasteiger charge is 2.54. The summed E-state index contributed by atoms with van der Waals surface area (Å²) < 4.78 is 6.35. The molecule has 2 heterocycles. The Bertz CT molecular complexity index is 633. The van der Waals surface area contributed by atoms with Crippen molar-refractivity contribution in [2.24, 2.45) is 0 Å². The van der Waals surface area contributed by atoms with Gasteiger partial charge in [-0.15, -0.1) is 18.0 Å². The molecule has 0 saturated carbocycles. The summed E-state index contributed by atoms with van der Waals surface area (Å²) in [6.07, 6.45) is 3.97. The number of aliphatic hydroxyl groups is 2. The molecule has 3 N–H and O–H groups in total. The first-order valence-corrected chi connectivity index (χ1v) is 5.79. The third-order valence-corrected chi connectivity index (χ3v) is 3.44. The minimum absolute atomic E-state index is 0.573. The lowest BCUT2D eigenvalue weighted by atomic mass is 9.99. The third kappa shape index (κ3) is 2.09. The van der Waals surface area contributed by atoms with Gasteiger partial charge in [-0.05, 0) is 0 Å². The maximum atomic E-state index is 11.6. The van der Waals surface area contributed by atoms with E-state index in [4.69, 9.17) is 22.8 Å². The van der Waals surface area contributed by atoms with E-state index in [1.807, 2.05) is 4.98 Å². The minimum Gasteiger partial charge on any atom is -0.392 e. The highest BCUT2D eigenvalue weighted by atomic mass is 35.5. The predicted octanol–water partition coefficient (Wildman–Crippen LogP) is -1.60. The van der Waals surface area contributed by atoms with Crippen LogP contribution in [0.15, 0.2) is 21.9 Å². The van der Waals surface area contributed by atoms with Crippen molar-refractivity contribution < 1.29 is 14.9 Å². The molecule has 1 saturated heterocycles. The maximum Gasteiger partial charge on any atom is 0.330 e. The van der Waals surface area contributed by atoms with Gasteiger partial charge in [-0.3, -0.25) is 14.3 Å². The van der Waals surface area contributed by atoms with Gasteiger partial charge in [0.1, 0.15) is 11.5 Å². The molecule has 1 aromatic heterocycles. The van der Waals surface area contributed by atoms with E-state index in [1.165, 1.54) is 6.20 Å². The number of rotatable bonds is 2. The number of hydrogen-bond donors (Lipinski definition) is 3. The van der Waals surface area contributed by atoms with E-state index in [9.17, 15) is 19.8 Å². The van der Waals surface area contributed by atoms with E-state index in [-0.39, 0.29) is 0 Å². The van der Waals surface area contributed by atoms with Crippen molar-refractivity contribution >= 4 is 11.6 Å². The molecule has 1 unspecified atom stereocenters. The van der Waals surface area contributed by atoms with Crippen LogP contribution >= 0.6 is 11.6 Å². The van der Waals surface area contributed by atoms with Crippen molar-refractivity contribution in [3.8, 4) is 12.3 Å². The zero-order chi connectivity index (χ0) is 14.2. The number of alkyl halides is 1. The van der Waals surface area contributed by atoms with Gasteiger partial charge in [-0.2, -0.15) is 0 Å². The van der Waals surface area contributed by atoms with E-state index in [1.54, 1.807) is 0 Å². The van der Waals surface area contributed by atoms with E-state index >= 15 is 0 Å². The molecule has 1 aliphatic heterocycles. The number of terminal acetylenes is 1. The second-order valence-corrected chi connectivity index (χ2v) is 4.61. The molecule has 0 bridgehead atoms. The van der Waals surface area contributed by atoms with Crippen molar-refractivity contribution in [2.45, 2.75) is 23.3 Å². The molecule has 0 radical (unpaired) electrons. The molecule has 1 fully saturated rings. The predicted molar refractivity (Wildman–Crippen MR) is 65.7 cm³/mol. The molecule has 0 amide bonds. The SMILES string of the molecule is C#C[C@]1(CO)OC(n2ccc(=O)[nH]c2=O)[C@H](Cl)[C@@H]1O. The van der Waals surface area contributed by atoms with Gasteiger partial charge in [0, 0.05) is 12.3 Å². The first-order valence-electron chi connectivity index (χ1n) is 5.35. The lowest BCUT2D eigenvalue weighted by Crippen LogP contribution is -2.43. The maximum absolute atomic E-state index is 11.6. The normalized spacial score (nSPS) is 34.1. The molecule has 102 valence electrons. The standard InChI is InChI=1S/C11H11ClN2O5/c1-2-11(5-15)8(17)7(12)9(19-11)14-4-3-6(16)13-10(14)18/h1,3-4,7-9,15,17H,5H2,(H,13,16,18)/t7-,8+,9?,11-/m1/s1. The molecule has 4 atom stereocenters. The van der Waals surface area contributed by atoms with Gasteiger partial charge >= 0.3 is 5.69 Å². The summed E-state index contributed by atoms with van der Waals surface area (Å²) in [5.74, 6) is 2.14. The number of aliphatic hydroxyl groups excluding tert-OH is 2. The van der Waals surface area contributed by atoms with Crippen LogP contribution in [-0.2, 0) is 4.74 Å². The van der Waals surface area contributed by atoms with E-state index in [2.05, 4.69) is 5.92 Å². The zero-order valence-corrected chi connectivity index (χ0v) is 10.4. The van der Waals surface area contributed by atoms with E-state index in [0.717, 1.165) is 10.6 Å². The van der Waals surface area contributed by atoms with Gasteiger partial charge in [0.15, 0.2) is 11.8 Å². The Labute approximate surface area is 112 Å². The number of ether oxygens (including phenoxy) is 1. The Balaban J connectivity index is 2.46. The summed E-state index contributed by atoms with van der Waals surface area (Å²) in [6.45, 7) is -0.650. The molecule has 1 aromatic rings. The highest BCUT2D eigenvalue weighted by Crippen LogP contribution is 2.39. The van der Waals surface area contributed by atoms with E-state index < -0.39 is 41.2 Å². The number of halogens is 1. The Hall–Kier alpha value is -1.59. The van der Waals surface area contributed by atoms with Gasteiger partial charge < -0.3 is 14.9 Å². The number of nitrogens with one attached hydrogen (secondary N) is 1. The van der Waals surface area contributed by atoms with Gasteiger partial charge in [0.05, 0.1) is 6.61 Å². The van der Waals surface area contributed by atoms with Crippen LogP contribution in [0.4, 0.5) is 0 Å². The first-order chi connectivity index (χ1) is 8.95. The van der Waals surface area contributed by atoms with Crippen LogP contribution in [0.5, 0.6) is 0 Å². The van der Waals surface area contributed by atoms with Crippen LogP contribution < -0.4 is 11.2 Å². The first kappa shape index (κ1) is 13.8. The van der Waals surface area contributed by atoms with Crippen molar-refractivity contribution in [1.29, 1.82) is 0 Å². The summed E-state index contributed by atoms with van der Waals surface area (Å²) in [5.41, 5.74) is -3.00. The van der Waals surface area contributed by atoms with Crippen molar-refractivity contribution in [1.82, 2.24) is 9.55 Å². The Morgan fingerprint density at radius 1 is 1.63 bits per heavy atom. The molecular formula is C11H11ClN2O5. The second-order valence-electron chi connectivity index (χ2n) is 4.11. The average Bonchev–Trinajstić information content (AvgIpc) is 2.64. The van der Waals surface area contributed by atoms with Crippen molar-refractivity contribution in [3.63, 3.8) is 0 Å². The fourth-order valence-electron chi connectivity index (χ4n) is 1.90.